The second-order valence-corrected chi connectivity index (χ2v) is 5.46. The highest BCUT2D eigenvalue weighted by atomic mass is 35.5. The summed E-state index contributed by atoms with van der Waals surface area (Å²) in [5.74, 6) is -0.791. The molecule has 112 valence electrons. The summed E-state index contributed by atoms with van der Waals surface area (Å²) in [5.41, 5.74) is 0.762. The predicted molar refractivity (Wildman–Crippen MR) is 86.8 cm³/mol. The number of hydrogen-bond donors (Lipinski definition) is 0. The molecule has 0 aliphatic rings. The monoisotopic (exact) mass is 334 g/mol. The molecule has 0 atom stereocenters. The molecular weight excluding hydrogens is 323 g/mol. The second kappa shape index (κ2) is 6.77. The fourth-order valence-electron chi connectivity index (χ4n) is 1.75. The summed E-state index contributed by atoms with van der Waals surface area (Å²) in [6.07, 6.45) is 0. The summed E-state index contributed by atoms with van der Waals surface area (Å²) >= 11 is 11.9. The zero-order valence-corrected chi connectivity index (χ0v) is 13.2. The smallest absolute Gasteiger partial charge is 0.338 e. The van der Waals surface area contributed by atoms with Gasteiger partial charge in [0, 0.05) is 16.2 Å². The van der Waals surface area contributed by atoms with E-state index >= 15 is 0 Å². The van der Waals surface area contributed by atoms with Crippen LogP contribution in [0.4, 0.5) is 0 Å². The highest BCUT2D eigenvalue weighted by Crippen LogP contribution is 2.27. The van der Waals surface area contributed by atoms with Crippen LogP contribution >= 0.6 is 23.2 Å². The van der Waals surface area contributed by atoms with Crippen LogP contribution in [0, 0.1) is 0 Å². The van der Waals surface area contributed by atoms with E-state index < -0.39 is 5.97 Å². The van der Waals surface area contributed by atoms with E-state index in [0.717, 1.165) is 0 Å². The molecule has 0 radical (unpaired) electrons. The Hall–Kier alpha value is -2.10. The van der Waals surface area contributed by atoms with E-state index in [2.05, 4.69) is 6.58 Å². The van der Waals surface area contributed by atoms with E-state index in [1.54, 1.807) is 24.3 Å². The highest BCUT2D eigenvalue weighted by Gasteiger charge is 2.19. The standard InChI is InChI=1S/C17H12Cl2O3/c1-10(2)17(21)22-15-6-4-3-5-13(15)16(20)12-8-7-11(18)9-14(12)19/h3-9H,1H2,2H3. The summed E-state index contributed by atoms with van der Waals surface area (Å²) in [6.45, 7) is 5.04. The highest BCUT2D eigenvalue weighted by molar-refractivity contribution is 6.37. The number of para-hydroxylation sites is 1. The fourth-order valence-corrected chi connectivity index (χ4v) is 2.24. The first-order valence-electron chi connectivity index (χ1n) is 6.36. The normalized spacial score (nSPS) is 10.1. The van der Waals surface area contributed by atoms with E-state index in [1.165, 1.54) is 25.1 Å². The van der Waals surface area contributed by atoms with Gasteiger partial charge < -0.3 is 4.74 Å². The maximum Gasteiger partial charge on any atom is 0.338 e. The number of halogens is 2. The second-order valence-electron chi connectivity index (χ2n) is 4.62. The van der Waals surface area contributed by atoms with Crippen molar-refractivity contribution in [3.8, 4) is 5.75 Å². The summed E-state index contributed by atoms with van der Waals surface area (Å²) in [6, 6.07) is 11.0. The van der Waals surface area contributed by atoms with Gasteiger partial charge in [0.1, 0.15) is 5.75 Å². The third-order valence-electron chi connectivity index (χ3n) is 2.86. The van der Waals surface area contributed by atoms with Crippen molar-refractivity contribution in [1.29, 1.82) is 0 Å². The molecule has 5 heteroatoms. The molecule has 0 spiro atoms. The molecule has 0 N–H and O–H groups in total. The number of hydrogen-bond acceptors (Lipinski definition) is 3. The zero-order valence-electron chi connectivity index (χ0n) is 11.7. The number of rotatable bonds is 4. The van der Waals surface area contributed by atoms with Gasteiger partial charge in [0.15, 0.2) is 5.78 Å². The van der Waals surface area contributed by atoms with E-state index in [9.17, 15) is 9.59 Å². The average molecular weight is 335 g/mol. The van der Waals surface area contributed by atoms with Crippen LogP contribution in [0.3, 0.4) is 0 Å². The summed E-state index contributed by atoms with van der Waals surface area (Å²) in [5, 5.41) is 0.669. The Morgan fingerprint density at radius 2 is 1.73 bits per heavy atom. The van der Waals surface area contributed by atoms with Gasteiger partial charge in [-0.15, -0.1) is 0 Å². The molecule has 3 nitrogen and oxygen atoms in total. The number of ketones is 1. The van der Waals surface area contributed by atoms with Gasteiger partial charge in [-0.2, -0.15) is 0 Å². The molecule has 0 saturated heterocycles. The van der Waals surface area contributed by atoms with Crippen molar-refractivity contribution in [2.24, 2.45) is 0 Å². The largest absolute Gasteiger partial charge is 0.422 e. The molecule has 0 saturated carbocycles. The zero-order chi connectivity index (χ0) is 16.3. The minimum absolute atomic E-state index is 0.159. The summed E-state index contributed by atoms with van der Waals surface area (Å²) in [4.78, 5) is 24.3. The first-order chi connectivity index (χ1) is 10.4. The molecule has 2 aromatic carbocycles. The summed E-state index contributed by atoms with van der Waals surface area (Å²) < 4.78 is 5.18. The Kier molecular flexibility index (Phi) is 5.01. The molecule has 2 aromatic rings. The number of ether oxygens (including phenoxy) is 1. The van der Waals surface area contributed by atoms with Gasteiger partial charge in [-0.25, -0.2) is 4.79 Å². The van der Waals surface area contributed by atoms with Gasteiger partial charge in [-0.1, -0.05) is 41.9 Å². The van der Waals surface area contributed by atoms with Gasteiger partial charge in [-0.05, 0) is 37.3 Å². The van der Waals surface area contributed by atoms with Crippen LogP contribution in [-0.2, 0) is 4.79 Å². The van der Waals surface area contributed by atoms with Gasteiger partial charge in [0.2, 0.25) is 0 Å². The van der Waals surface area contributed by atoms with Crippen LogP contribution in [0.1, 0.15) is 22.8 Å². The quantitative estimate of drug-likeness (QED) is 0.352. The van der Waals surface area contributed by atoms with Crippen molar-refractivity contribution in [2.45, 2.75) is 6.92 Å². The van der Waals surface area contributed by atoms with Crippen LogP contribution in [0.15, 0.2) is 54.6 Å². The van der Waals surface area contributed by atoms with Crippen LogP contribution < -0.4 is 4.74 Å². The Balaban J connectivity index is 2.42. The first kappa shape index (κ1) is 16.3. The van der Waals surface area contributed by atoms with Gasteiger partial charge in [0.25, 0.3) is 0 Å². The molecule has 0 heterocycles. The Labute approximate surface area is 138 Å². The van der Waals surface area contributed by atoms with Crippen LogP contribution in [0.2, 0.25) is 10.0 Å². The van der Waals surface area contributed by atoms with E-state index in [1.807, 2.05) is 0 Å². The summed E-state index contributed by atoms with van der Waals surface area (Å²) in [7, 11) is 0. The fraction of sp³-hybridized carbons (Fsp3) is 0.0588. The van der Waals surface area contributed by atoms with Gasteiger partial charge in [-0.3, -0.25) is 4.79 Å². The lowest BCUT2D eigenvalue weighted by Crippen LogP contribution is -2.12. The average Bonchev–Trinajstić information content (AvgIpc) is 2.47. The molecule has 0 unspecified atom stereocenters. The first-order valence-corrected chi connectivity index (χ1v) is 7.12. The van der Waals surface area contributed by atoms with Crippen molar-refractivity contribution >= 4 is 35.0 Å². The SMILES string of the molecule is C=C(C)C(=O)Oc1ccccc1C(=O)c1ccc(Cl)cc1Cl. The lowest BCUT2D eigenvalue weighted by Gasteiger charge is -2.10. The van der Waals surface area contributed by atoms with Crippen molar-refractivity contribution in [2.75, 3.05) is 0 Å². The topological polar surface area (TPSA) is 43.4 Å². The predicted octanol–water partition coefficient (Wildman–Crippen LogP) is 4.71. The lowest BCUT2D eigenvalue weighted by molar-refractivity contribution is -0.130. The van der Waals surface area contributed by atoms with Gasteiger partial charge >= 0.3 is 5.97 Å². The molecule has 0 aliphatic heterocycles. The molecule has 22 heavy (non-hydrogen) atoms. The lowest BCUT2D eigenvalue weighted by atomic mass is 10.0. The van der Waals surface area contributed by atoms with Crippen molar-refractivity contribution < 1.29 is 14.3 Å². The van der Waals surface area contributed by atoms with Crippen LogP contribution in [0.25, 0.3) is 0 Å². The van der Waals surface area contributed by atoms with Crippen molar-refractivity contribution in [1.82, 2.24) is 0 Å². The molecule has 0 aliphatic carbocycles. The molecule has 0 amide bonds. The van der Waals surface area contributed by atoms with Crippen LogP contribution in [0.5, 0.6) is 5.75 Å². The molecular formula is C17H12Cl2O3. The Morgan fingerprint density at radius 1 is 1.05 bits per heavy atom. The third kappa shape index (κ3) is 3.56. The van der Waals surface area contributed by atoms with E-state index in [4.69, 9.17) is 27.9 Å². The number of carbonyl (C=O) groups is 2. The Bertz CT molecular complexity index is 766. The minimum Gasteiger partial charge on any atom is -0.422 e. The van der Waals surface area contributed by atoms with Crippen molar-refractivity contribution in [3.63, 3.8) is 0 Å². The molecule has 2 rings (SSSR count). The molecule has 0 fully saturated rings. The van der Waals surface area contributed by atoms with Gasteiger partial charge in [0.05, 0.1) is 10.6 Å². The number of carbonyl (C=O) groups excluding carboxylic acids is 2. The minimum atomic E-state index is -0.595. The number of esters is 1. The van der Waals surface area contributed by atoms with E-state index in [-0.39, 0.29) is 33.3 Å². The molecule has 0 bridgehead atoms. The van der Waals surface area contributed by atoms with E-state index in [0.29, 0.717) is 5.02 Å². The number of benzene rings is 2. The molecule has 0 aromatic heterocycles. The Morgan fingerprint density at radius 3 is 2.36 bits per heavy atom. The maximum atomic E-state index is 12.6. The van der Waals surface area contributed by atoms with Crippen molar-refractivity contribution in [3.05, 3.63) is 75.8 Å². The third-order valence-corrected chi connectivity index (χ3v) is 3.41. The van der Waals surface area contributed by atoms with Crippen LogP contribution in [-0.4, -0.2) is 11.8 Å². The maximum absolute atomic E-state index is 12.6.